The van der Waals surface area contributed by atoms with Crippen molar-refractivity contribution in [1.82, 2.24) is 0 Å². The van der Waals surface area contributed by atoms with E-state index >= 15 is 0 Å². The summed E-state index contributed by atoms with van der Waals surface area (Å²) in [4.78, 5) is 0. The molecule has 0 heterocycles. The average molecular weight is 147 g/mol. The monoisotopic (exact) mass is 147 g/mol. The van der Waals surface area contributed by atoms with E-state index in [1.54, 1.807) is 0 Å². The van der Waals surface area contributed by atoms with E-state index in [9.17, 15) is 0 Å². The average Bonchev–Trinajstić information content (AvgIpc) is 1.59. The summed E-state index contributed by atoms with van der Waals surface area (Å²) in [5.74, 6) is 0. The van der Waals surface area contributed by atoms with Crippen LogP contribution in [0.15, 0.2) is 0 Å². The summed E-state index contributed by atoms with van der Waals surface area (Å²) >= 11 is 0. The number of hydrogen-bond acceptors (Lipinski definition) is 2. The highest BCUT2D eigenvalue weighted by molar-refractivity contribution is 4.33. The molecule has 0 aromatic heterocycles. The van der Waals surface area contributed by atoms with Crippen molar-refractivity contribution in [2.75, 3.05) is 34.3 Å². The maximum absolute atomic E-state index is 5.39. The first-order valence-corrected chi connectivity index (χ1v) is 3.59. The van der Waals surface area contributed by atoms with E-state index in [-0.39, 0.29) is 6.23 Å². The highest BCUT2D eigenvalue weighted by atomic mass is 16.5. The van der Waals surface area contributed by atoms with Crippen molar-refractivity contribution in [3.63, 3.8) is 0 Å². The predicted molar refractivity (Wildman–Crippen MR) is 42.5 cm³/mol. The molecule has 0 amide bonds. The van der Waals surface area contributed by atoms with E-state index in [0.717, 1.165) is 17.6 Å². The first-order chi connectivity index (χ1) is 4.42. The van der Waals surface area contributed by atoms with Gasteiger partial charge in [-0.15, -0.1) is 0 Å². The van der Waals surface area contributed by atoms with Gasteiger partial charge in [-0.25, -0.2) is 0 Å². The Hall–Kier alpha value is -0.120. The molecule has 0 aliphatic heterocycles. The molecule has 0 aliphatic carbocycles. The van der Waals surface area contributed by atoms with Crippen molar-refractivity contribution < 1.29 is 9.22 Å². The Morgan fingerprint density at radius 3 is 2.20 bits per heavy atom. The fourth-order valence-electron chi connectivity index (χ4n) is 0.512. The Bertz CT molecular complexity index is 86.1. The van der Waals surface area contributed by atoms with Gasteiger partial charge >= 0.3 is 0 Å². The predicted octanol–water partition coefficient (Wildman–Crippen LogP) is 0.0139. The molecule has 3 nitrogen and oxygen atoms in total. The summed E-state index contributed by atoms with van der Waals surface area (Å²) in [7, 11) is 6.39. The molecule has 0 spiro atoms. The zero-order valence-corrected chi connectivity index (χ0v) is 7.42. The molecular formula is C7H19N2O+. The molecular weight excluding hydrogens is 128 g/mol. The minimum atomic E-state index is -0.133. The minimum Gasteiger partial charge on any atom is -0.358 e. The van der Waals surface area contributed by atoms with Crippen LogP contribution in [0.2, 0.25) is 0 Å². The van der Waals surface area contributed by atoms with Crippen molar-refractivity contribution in [3.8, 4) is 0 Å². The second-order valence-electron chi connectivity index (χ2n) is 3.59. The Kier molecular flexibility index (Phi) is 3.86. The lowest BCUT2D eigenvalue weighted by Crippen LogP contribution is -2.38. The molecule has 0 aliphatic rings. The fourth-order valence-corrected chi connectivity index (χ4v) is 0.512. The third-order valence-electron chi connectivity index (χ3n) is 1.14. The molecule has 0 saturated heterocycles. The molecule has 0 rings (SSSR count). The lowest BCUT2D eigenvalue weighted by Gasteiger charge is -2.23. The van der Waals surface area contributed by atoms with Crippen molar-refractivity contribution >= 4 is 0 Å². The van der Waals surface area contributed by atoms with Gasteiger partial charge in [-0.1, -0.05) is 0 Å². The van der Waals surface area contributed by atoms with Gasteiger partial charge in [-0.2, -0.15) is 0 Å². The number of likely N-dealkylation sites (N-methyl/N-ethyl adjacent to an activating group) is 1. The number of nitrogens with two attached hydrogens (primary N) is 1. The van der Waals surface area contributed by atoms with Gasteiger partial charge in [0.25, 0.3) is 0 Å². The molecule has 10 heavy (non-hydrogen) atoms. The summed E-state index contributed by atoms with van der Waals surface area (Å²) in [6.45, 7) is 3.58. The lowest BCUT2D eigenvalue weighted by molar-refractivity contribution is -0.870. The van der Waals surface area contributed by atoms with Crippen LogP contribution in [-0.4, -0.2) is 45.0 Å². The van der Waals surface area contributed by atoms with Crippen molar-refractivity contribution in [1.29, 1.82) is 0 Å². The summed E-state index contributed by atoms with van der Waals surface area (Å²) in [6.07, 6.45) is -0.133. The van der Waals surface area contributed by atoms with E-state index in [1.165, 1.54) is 0 Å². The van der Waals surface area contributed by atoms with E-state index in [0.29, 0.717) is 0 Å². The third-order valence-corrected chi connectivity index (χ3v) is 1.14. The highest BCUT2D eigenvalue weighted by Gasteiger charge is 2.06. The van der Waals surface area contributed by atoms with Gasteiger partial charge in [0.05, 0.1) is 27.7 Å². The molecule has 62 valence electrons. The molecule has 2 N–H and O–H groups in total. The Morgan fingerprint density at radius 1 is 1.40 bits per heavy atom. The Balaban J connectivity index is 3.21. The smallest absolute Gasteiger partial charge is 0.103 e. The van der Waals surface area contributed by atoms with Crippen molar-refractivity contribution in [2.45, 2.75) is 13.2 Å². The van der Waals surface area contributed by atoms with Gasteiger partial charge in [-0.05, 0) is 6.92 Å². The zero-order valence-electron chi connectivity index (χ0n) is 7.42. The van der Waals surface area contributed by atoms with Gasteiger partial charge in [0.1, 0.15) is 12.8 Å². The standard InChI is InChI=1S/C7H19N2O/c1-7(8)10-6-5-9(2,3)4/h7H,5-6,8H2,1-4H3/q+1. The van der Waals surface area contributed by atoms with Crippen LogP contribution in [0.5, 0.6) is 0 Å². The molecule has 0 radical (unpaired) electrons. The molecule has 1 atom stereocenters. The Morgan fingerprint density at radius 2 is 1.90 bits per heavy atom. The molecule has 0 fully saturated rings. The topological polar surface area (TPSA) is 35.2 Å². The molecule has 3 heteroatoms. The molecule has 1 unspecified atom stereocenters. The van der Waals surface area contributed by atoms with Gasteiger partial charge in [0.2, 0.25) is 0 Å². The van der Waals surface area contributed by atoms with Gasteiger partial charge < -0.3 is 15.0 Å². The highest BCUT2D eigenvalue weighted by Crippen LogP contribution is 1.90. The van der Waals surface area contributed by atoms with Gasteiger partial charge in [-0.3, -0.25) is 0 Å². The van der Waals surface area contributed by atoms with E-state index in [4.69, 9.17) is 10.5 Å². The fraction of sp³-hybridized carbons (Fsp3) is 1.00. The van der Waals surface area contributed by atoms with Gasteiger partial charge in [0, 0.05) is 0 Å². The third kappa shape index (κ3) is 7.88. The molecule has 0 aromatic carbocycles. The minimum absolute atomic E-state index is 0.133. The first kappa shape index (κ1) is 9.88. The summed E-state index contributed by atoms with van der Waals surface area (Å²) in [5.41, 5.74) is 5.39. The van der Waals surface area contributed by atoms with Crippen LogP contribution < -0.4 is 5.73 Å². The SMILES string of the molecule is CC(N)OCC[N+](C)(C)C. The number of nitrogens with zero attached hydrogens (tertiary/aromatic N) is 1. The maximum Gasteiger partial charge on any atom is 0.103 e. The van der Waals surface area contributed by atoms with Crippen LogP contribution in [0.1, 0.15) is 6.92 Å². The maximum atomic E-state index is 5.39. The Labute approximate surface area is 63.4 Å². The largest absolute Gasteiger partial charge is 0.358 e. The van der Waals surface area contributed by atoms with E-state index in [1.807, 2.05) is 6.92 Å². The summed E-state index contributed by atoms with van der Waals surface area (Å²) in [5, 5.41) is 0. The number of hydrogen-bond donors (Lipinski definition) is 1. The molecule has 0 bridgehead atoms. The lowest BCUT2D eigenvalue weighted by atomic mass is 10.5. The number of rotatable bonds is 4. The van der Waals surface area contributed by atoms with Crippen LogP contribution in [0.4, 0.5) is 0 Å². The van der Waals surface area contributed by atoms with Crippen LogP contribution in [0.25, 0.3) is 0 Å². The van der Waals surface area contributed by atoms with E-state index in [2.05, 4.69) is 21.1 Å². The summed E-state index contributed by atoms with van der Waals surface area (Å²) < 4.78 is 6.10. The van der Waals surface area contributed by atoms with Crippen molar-refractivity contribution in [2.24, 2.45) is 5.73 Å². The van der Waals surface area contributed by atoms with Gasteiger partial charge in [0.15, 0.2) is 0 Å². The van der Waals surface area contributed by atoms with Crippen molar-refractivity contribution in [3.05, 3.63) is 0 Å². The molecule has 0 aromatic rings. The first-order valence-electron chi connectivity index (χ1n) is 3.59. The normalized spacial score (nSPS) is 15.3. The van der Waals surface area contributed by atoms with Crippen LogP contribution >= 0.6 is 0 Å². The summed E-state index contributed by atoms with van der Waals surface area (Å²) in [6, 6.07) is 0. The van der Waals surface area contributed by atoms with Crippen LogP contribution in [-0.2, 0) is 4.74 Å². The van der Waals surface area contributed by atoms with Crippen LogP contribution in [0, 0.1) is 0 Å². The second kappa shape index (κ2) is 3.91. The van der Waals surface area contributed by atoms with Crippen LogP contribution in [0.3, 0.4) is 0 Å². The quantitative estimate of drug-likeness (QED) is 0.449. The molecule has 0 saturated carbocycles. The zero-order chi connectivity index (χ0) is 8.20. The number of ether oxygens (including phenoxy) is 1. The van der Waals surface area contributed by atoms with E-state index < -0.39 is 0 Å². The number of quaternary nitrogens is 1. The second-order valence-corrected chi connectivity index (χ2v) is 3.59.